The SMILES string of the molecule is CC(C)NC(NC(=O)[C@@H]1CCCN1C(=O)C(NC(=O)NC(C(=O)c1ccccc1)C(C)C)C(C)(C)C)C(=O)C(N)=O. The van der Waals surface area contributed by atoms with Crippen molar-refractivity contribution in [1.82, 2.24) is 26.2 Å². The average molecular weight is 573 g/mol. The van der Waals surface area contributed by atoms with E-state index in [0.29, 0.717) is 18.4 Å². The molecular weight excluding hydrogens is 528 g/mol. The van der Waals surface area contributed by atoms with Crippen LogP contribution in [0, 0.1) is 11.3 Å². The van der Waals surface area contributed by atoms with Crippen LogP contribution in [-0.2, 0) is 19.2 Å². The number of hydrogen-bond donors (Lipinski definition) is 5. The van der Waals surface area contributed by atoms with Gasteiger partial charge in [-0.15, -0.1) is 0 Å². The molecule has 0 spiro atoms. The number of rotatable bonds is 12. The monoisotopic (exact) mass is 572 g/mol. The van der Waals surface area contributed by atoms with Gasteiger partial charge in [-0.2, -0.15) is 0 Å². The molecule has 0 aliphatic carbocycles. The summed E-state index contributed by atoms with van der Waals surface area (Å²) in [5.41, 5.74) is 4.85. The Labute approximate surface area is 241 Å². The van der Waals surface area contributed by atoms with E-state index < -0.39 is 59.2 Å². The summed E-state index contributed by atoms with van der Waals surface area (Å²) >= 11 is 0. The van der Waals surface area contributed by atoms with Gasteiger partial charge in [0, 0.05) is 18.2 Å². The molecule has 1 fully saturated rings. The zero-order chi connectivity index (χ0) is 31.1. The lowest BCUT2D eigenvalue weighted by atomic mass is 9.85. The molecule has 0 bridgehead atoms. The van der Waals surface area contributed by atoms with Crippen LogP contribution in [0.3, 0.4) is 0 Å². The van der Waals surface area contributed by atoms with Gasteiger partial charge in [0.05, 0.1) is 6.04 Å². The number of benzene rings is 1. The van der Waals surface area contributed by atoms with Crippen LogP contribution in [0.4, 0.5) is 4.79 Å². The van der Waals surface area contributed by atoms with Gasteiger partial charge in [-0.1, -0.05) is 65.0 Å². The molecule has 0 aromatic heterocycles. The fourth-order valence-electron chi connectivity index (χ4n) is 4.65. The van der Waals surface area contributed by atoms with Crippen LogP contribution >= 0.6 is 0 Å². The Kier molecular flexibility index (Phi) is 11.6. The number of carbonyl (C=O) groups is 6. The van der Waals surface area contributed by atoms with Crippen molar-refractivity contribution in [2.75, 3.05) is 6.54 Å². The fraction of sp³-hybridized carbons (Fsp3) is 0.586. The van der Waals surface area contributed by atoms with Gasteiger partial charge >= 0.3 is 6.03 Å². The molecule has 1 aliphatic rings. The van der Waals surface area contributed by atoms with E-state index in [1.165, 1.54) is 4.90 Å². The molecule has 12 heteroatoms. The van der Waals surface area contributed by atoms with Gasteiger partial charge in [-0.25, -0.2) is 4.79 Å². The summed E-state index contributed by atoms with van der Waals surface area (Å²) in [5.74, 6) is -3.76. The number of urea groups is 1. The normalized spacial score (nSPS) is 17.5. The predicted molar refractivity (Wildman–Crippen MR) is 153 cm³/mol. The van der Waals surface area contributed by atoms with Gasteiger partial charge in [-0.3, -0.25) is 29.3 Å². The number of Topliss-reactive ketones (excluding diaryl/α,β-unsaturated/α-hetero) is 2. The molecule has 41 heavy (non-hydrogen) atoms. The largest absolute Gasteiger partial charge is 0.363 e. The minimum absolute atomic E-state index is 0.223. The highest BCUT2D eigenvalue weighted by molar-refractivity contribution is 6.37. The minimum Gasteiger partial charge on any atom is -0.363 e. The average Bonchev–Trinajstić information content (AvgIpc) is 3.38. The van der Waals surface area contributed by atoms with Crippen molar-refractivity contribution in [1.29, 1.82) is 0 Å². The van der Waals surface area contributed by atoms with Gasteiger partial charge < -0.3 is 26.6 Å². The third kappa shape index (κ3) is 9.10. The Morgan fingerprint density at radius 3 is 2.05 bits per heavy atom. The molecule has 6 N–H and O–H groups in total. The summed E-state index contributed by atoms with van der Waals surface area (Å²) in [6.07, 6.45) is -0.476. The first kappa shape index (κ1) is 33.4. The Bertz CT molecular complexity index is 1130. The van der Waals surface area contributed by atoms with Crippen molar-refractivity contribution in [2.24, 2.45) is 17.1 Å². The summed E-state index contributed by atoms with van der Waals surface area (Å²) in [5, 5.41) is 10.8. The number of primary amides is 1. The first-order chi connectivity index (χ1) is 19.0. The first-order valence-electron chi connectivity index (χ1n) is 13.9. The molecule has 1 aliphatic heterocycles. The van der Waals surface area contributed by atoms with Gasteiger partial charge in [0.25, 0.3) is 11.7 Å². The highest BCUT2D eigenvalue weighted by atomic mass is 16.2. The summed E-state index contributed by atoms with van der Waals surface area (Å²) in [6.45, 7) is 12.7. The highest BCUT2D eigenvalue weighted by Gasteiger charge is 2.43. The van der Waals surface area contributed by atoms with Crippen molar-refractivity contribution in [3.05, 3.63) is 35.9 Å². The van der Waals surface area contributed by atoms with Crippen LogP contribution in [0.5, 0.6) is 0 Å². The van der Waals surface area contributed by atoms with Crippen molar-refractivity contribution in [2.45, 2.75) is 91.6 Å². The molecule has 3 unspecified atom stereocenters. The molecule has 1 saturated heterocycles. The third-order valence-corrected chi connectivity index (χ3v) is 6.81. The first-order valence-corrected chi connectivity index (χ1v) is 13.9. The minimum atomic E-state index is -1.34. The van der Waals surface area contributed by atoms with E-state index in [9.17, 15) is 28.8 Å². The van der Waals surface area contributed by atoms with Gasteiger partial charge in [0.15, 0.2) is 5.78 Å². The molecule has 0 saturated carbocycles. The van der Waals surface area contributed by atoms with E-state index in [1.54, 1.807) is 65.0 Å². The topological polar surface area (TPSA) is 180 Å². The second-order valence-electron chi connectivity index (χ2n) is 12.0. The molecule has 4 atom stereocenters. The second-order valence-corrected chi connectivity index (χ2v) is 12.0. The molecule has 5 amide bonds. The van der Waals surface area contributed by atoms with E-state index in [4.69, 9.17) is 5.73 Å². The summed E-state index contributed by atoms with van der Waals surface area (Å²) in [4.78, 5) is 78.4. The van der Waals surface area contributed by atoms with Crippen molar-refractivity contribution in [3.8, 4) is 0 Å². The molecule has 1 aromatic rings. The molecule has 2 rings (SSSR count). The predicted octanol–water partition coefficient (Wildman–Crippen LogP) is 1.09. The van der Waals surface area contributed by atoms with E-state index in [2.05, 4.69) is 21.3 Å². The maximum absolute atomic E-state index is 13.8. The number of carbonyl (C=O) groups excluding carboxylic acids is 6. The third-order valence-electron chi connectivity index (χ3n) is 6.81. The number of nitrogens with one attached hydrogen (secondary N) is 4. The van der Waals surface area contributed by atoms with Gasteiger partial charge in [0.1, 0.15) is 18.2 Å². The number of nitrogens with zero attached hydrogens (tertiary/aromatic N) is 1. The van der Waals surface area contributed by atoms with Gasteiger partial charge in [0.2, 0.25) is 11.8 Å². The Balaban J connectivity index is 2.21. The van der Waals surface area contributed by atoms with Crippen molar-refractivity contribution >= 4 is 35.3 Å². The van der Waals surface area contributed by atoms with Crippen LogP contribution < -0.4 is 27.0 Å². The maximum atomic E-state index is 13.8. The van der Waals surface area contributed by atoms with E-state index in [1.807, 2.05) is 13.8 Å². The number of amides is 5. The Hall–Kier alpha value is -3.80. The number of likely N-dealkylation sites (tertiary alicyclic amines) is 1. The summed E-state index contributed by atoms with van der Waals surface area (Å²) in [6, 6.07) is 4.92. The molecule has 1 aromatic carbocycles. The lowest BCUT2D eigenvalue weighted by Gasteiger charge is -2.36. The smallest absolute Gasteiger partial charge is 0.316 e. The van der Waals surface area contributed by atoms with Crippen LogP contribution in [0.2, 0.25) is 0 Å². The molecule has 1 heterocycles. The molecule has 0 radical (unpaired) electrons. The molecule has 12 nitrogen and oxygen atoms in total. The Morgan fingerprint density at radius 1 is 0.927 bits per heavy atom. The molecular formula is C29H44N6O6. The Morgan fingerprint density at radius 2 is 1.54 bits per heavy atom. The van der Waals surface area contributed by atoms with Crippen molar-refractivity contribution in [3.63, 3.8) is 0 Å². The number of hydrogen-bond acceptors (Lipinski definition) is 7. The van der Waals surface area contributed by atoms with E-state index in [0.717, 1.165) is 0 Å². The fourth-order valence-corrected chi connectivity index (χ4v) is 4.65. The zero-order valence-corrected chi connectivity index (χ0v) is 24.9. The highest BCUT2D eigenvalue weighted by Crippen LogP contribution is 2.26. The van der Waals surface area contributed by atoms with Crippen LogP contribution in [0.15, 0.2) is 30.3 Å². The standard InChI is InChI=1S/C29H44N6O6/c1-16(2)20(21(36)18-12-9-8-10-13-18)32-28(41)33-23(29(5,6)7)27(40)35-15-11-14-19(35)26(39)34-25(31-17(3)4)22(37)24(30)38/h8-10,12-13,16-17,19-20,23,25,31H,11,14-15H2,1-7H3,(H2,30,38)(H,34,39)(H2,32,33,41)/t19-,20?,23?,25?/m0/s1. The summed E-state index contributed by atoms with van der Waals surface area (Å²) < 4.78 is 0. The van der Waals surface area contributed by atoms with E-state index in [-0.39, 0.29) is 24.3 Å². The van der Waals surface area contributed by atoms with Crippen LogP contribution in [-0.4, -0.2) is 77.1 Å². The van der Waals surface area contributed by atoms with Crippen LogP contribution in [0.25, 0.3) is 0 Å². The number of nitrogens with two attached hydrogens (primary N) is 1. The lowest BCUT2D eigenvalue weighted by Crippen LogP contribution is -2.62. The lowest BCUT2D eigenvalue weighted by molar-refractivity contribution is -0.143. The second kappa shape index (κ2) is 14.2. The summed E-state index contributed by atoms with van der Waals surface area (Å²) in [7, 11) is 0. The molecule has 226 valence electrons. The quantitative estimate of drug-likeness (QED) is 0.141. The van der Waals surface area contributed by atoms with Crippen LogP contribution in [0.1, 0.15) is 71.7 Å². The van der Waals surface area contributed by atoms with Gasteiger partial charge in [-0.05, 0) is 38.0 Å². The van der Waals surface area contributed by atoms with Crippen molar-refractivity contribution < 1.29 is 28.8 Å². The van der Waals surface area contributed by atoms with E-state index >= 15 is 0 Å². The zero-order valence-electron chi connectivity index (χ0n) is 24.9. The number of ketones is 2. The maximum Gasteiger partial charge on any atom is 0.316 e.